The molecule has 0 bridgehead atoms. The molecule has 2 aromatic rings. The van der Waals surface area contributed by atoms with Crippen LogP contribution in [0.2, 0.25) is 10.0 Å². The third kappa shape index (κ3) is 5.61. The first-order chi connectivity index (χ1) is 11.8. The Kier molecular flexibility index (Phi) is 6.66. The molecule has 0 saturated heterocycles. The van der Waals surface area contributed by atoms with E-state index in [1.165, 1.54) is 25.3 Å². The van der Waals surface area contributed by atoms with E-state index in [1.807, 2.05) is 0 Å². The number of hydrogen-bond acceptors (Lipinski definition) is 4. The summed E-state index contributed by atoms with van der Waals surface area (Å²) in [4.78, 5) is 12.0. The fourth-order valence-corrected chi connectivity index (χ4v) is 3.26. The van der Waals surface area contributed by atoms with Crippen molar-refractivity contribution >= 4 is 44.8 Å². The third-order valence-corrected chi connectivity index (χ3v) is 5.43. The van der Waals surface area contributed by atoms with Crippen molar-refractivity contribution in [2.24, 2.45) is 0 Å². The topological polar surface area (TPSA) is 84.5 Å². The van der Waals surface area contributed by atoms with Gasteiger partial charge in [0.05, 0.1) is 22.1 Å². The zero-order valence-corrected chi connectivity index (χ0v) is 15.6. The van der Waals surface area contributed by atoms with E-state index in [4.69, 9.17) is 27.9 Å². The molecule has 6 nitrogen and oxygen atoms in total. The van der Waals surface area contributed by atoms with Crippen LogP contribution >= 0.6 is 23.2 Å². The maximum Gasteiger partial charge on any atom is 0.240 e. The number of hydrogen-bond donors (Lipinski definition) is 2. The molecular weight excluding hydrogens is 387 g/mol. The van der Waals surface area contributed by atoms with Crippen molar-refractivity contribution in [3.8, 4) is 5.75 Å². The Hall–Kier alpha value is -1.80. The molecule has 0 unspecified atom stereocenters. The lowest BCUT2D eigenvalue weighted by Gasteiger charge is -2.09. The van der Waals surface area contributed by atoms with E-state index in [0.717, 1.165) is 0 Å². The van der Waals surface area contributed by atoms with Gasteiger partial charge in [-0.15, -0.1) is 0 Å². The average Bonchev–Trinajstić information content (AvgIpc) is 2.58. The van der Waals surface area contributed by atoms with E-state index in [9.17, 15) is 13.2 Å². The highest BCUT2D eigenvalue weighted by molar-refractivity contribution is 7.89. The molecule has 9 heteroatoms. The number of halogens is 2. The number of amides is 1. The minimum Gasteiger partial charge on any atom is -0.497 e. The van der Waals surface area contributed by atoms with Gasteiger partial charge < -0.3 is 10.1 Å². The Bertz CT molecular complexity index is 855. The molecule has 0 atom stereocenters. The zero-order chi connectivity index (χ0) is 18.4. The fraction of sp³-hybridized carbons (Fsp3) is 0.188. The van der Waals surface area contributed by atoms with Gasteiger partial charge in [0, 0.05) is 18.7 Å². The lowest BCUT2D eigenvalue weighted by atomic mass is 10.3. The molecule has 0 radical (unpaired) electrons. The SMILES string of the molecule is COc1ccc(S(=O)(=O)NCCC(=O)Nc2ccc(Cl)c(Cl)c2)cc1. The van der Waals surface area contributed by atoms with Crippen molar-refractivity contribution in [1.29, 1.82) is 0 Å². The maximum atomic E-state index is 12.1. The molecule has 0 spiro atoms. The number of sulfonamides is 1. The Labute approximate surface area is 156 Å². The Morgan fingerprint density at radius 2 is 1.76 bits per heavy atom. The second kappa shape index (κ2) is 8.53. The number of carbonyl (C=O) groups excluding carboxylic acids is 1. The van der Waals surface area contributed by atoms with Crippen LogP contribution in [-0.4, -0.2) is 28.0 Å². The van der Waals surface area contributed by atoms with E-state index < -0.39 is 10.0 Å². The van der Waals surface area contributed by atoms with Crippen molar-refractivity contribution in [3.63, 3.8) is 0 Å². The van der Waals surface area contributed by atoms with Crippen LogP contribution in [0, 0.1) is 0 Å². The maximum absolute atomic E-state index is 12.1. The average molecular weight is 403 g/mol. The van der Waals surface area contributed by atoms with Gasteiger partial charge in [0.1, 0.15) is 5.75 Å². The molecular formula is C16H16Cl2N2O4S. The van der Waals surface area contributed by atoms with Crippen LogP contribution in [-0.2, 0) is 14.8 Å². The van der Waals surface area contributed by atoms with Crippen LogP contribution in [0.3, 0.4) is 0 Å². The fourth-order valence-electron chi connectivity index (χ4n) is 1.93. The molecule has 0 aliphatic heterocycles. The zero-order valence-electron chi connectivity index (χ0n) is 13.3. The summed E-state index contributed by atoms with van der Waals surface area (Å²) >= 11 is 11.7. The minimum atomic E-state index is -3.69. The van der Waals surface area contributed by atoms with Crippen molar-refractivity contribution in [2.75, 3.05) is 19.0 Å². The normalized spacial score (nSPS) is 11.2. The van der Waals surface area contributed by atoms with Crippen LogP contribution in [0.15, 0.2) is 47.4 Å². The largest absolute Gasteiger partial charge is 0.497 e. The van der Waals surface area contributed by atoms with E-state index in [0.29, 0.717) is 21.5 Å². The molecule has 0 aliphatic rings. The van der Waals surface area contributed by atoms with Crippen LogP contribution in [0.5, 0.6) is 5.75 Å². The molecule has 0 fully saturated rings. The summed E-state index contributed by atoms with van der Waals surface area (Å²) in [6.45, 7) is -0.0402. The van der Waals surface area contributed by atoms with Gasteiger partial charge in [0.2, 0.25) is 15.9 Å². The number of methoxy groups -OCH3 is 1. The number of benzene rings is 2. The first-order valence-corrected chi connectivity index (χ1v) is 9.44. The predicted octanol–water partition coefficient (Wildman–Crippen LogP) is 3.31. The molecule has 0 saturated carbocycles. The van der Waals surface area contributed by atoms with Crippen LogP contribution in [0.4, 0.5) is 5.69 Å². The first-order valence-electron chi connectivity index (χ1n) is 7.20. The van der Waals surface area contributed by atoms with Gasteiger partial charge in [-0.1, -0.05) is 23.2 Å². The van der Waals surface area contributed by atoms with Gasteiger partial charge in [-0.2, -0.15) is 0 Å². The van der Waals surface area contributed by atoms with Crippen molar-refractivity contribution in [1.82, 2.24) is 4.72 Å². The van der Waals surface area contributed by atoms with Gasteiger partial charge in [-0.25, -0.2) is 13.1 Å². The van der Waals surface area contributed by atoms with E-state index >= 15 is 0 Å². The van der Waals surface area contributed by atoms with Crippen molar-refractivity contribution in [3.05, 3.63) is 52.5 Å². The quantitative estimate of drug-likeness (QED) is 0.743. The molecule has 134 valence electrons. The van der Waals surface area contributed by atoms with Gasteiger partial charge in [-0.05, 0) is 42.5 Å². The molecule has 2 rings (SSSR count). The molecule has 0 heterocycles. The Morgan fingerprint density at radius 3 is 2.36 bits per heavy atom. The summed E-state index contributed by atoms with van der Waals surface area (Å²) in [6, 6.07) is 10.6. The molecule has 2 aromatic carbocycles. The number of nitrogens with one attached hydrogen (secondary N) is 2. The summed E-state index contributed by atoms with van der Waals surface area (Å²) in [5, 5.41) is 3.32. The van der Waals surface area contributed by atoms with Gasteiger partial charge in [0.25, 0.3) is 0 Å². The highest BCUT2D eigenvalue weighted by atomic mass is 35.5. The molecule has 0 aliphatic carbocycles. The van der Waals surface area contributed by atoms with Gasteiger partial charge in [0.15, 0.2) is 0 Å². The van der Waals surface area contributed by atoms with Crippen molar-refractivity contribution < 1.29 is 17.9 Å². The monoisotopic (exact) mass is 402 g/mol. The first kappa shape index (κ1) is 19.5. The highest BCUT2D eigenvalue weighted by Gasteiger charge is 2.14. The van der Waals surface area contributed by atoms with Crippen molar-refractivity contribution in [2.45, 2.75) is 11.3 Å². The third-order valence-electron chi connectivity index (χ3n) is 3.22. The lowest BCUT2D eigenvalue weighted by Crippen LogP contribution is -2.27. The van der Waals surface area contributed by atoms with Crippen LogP contribution < -0.4 is 14.8 Å². The predicted molar refractivity (Wildman–Crippen MR) is 97.9 cm³/mol. The summed E-state index contributed by atoms with van der Waals surface area (Å²) in [7, 11) is -2.20. The highest BCUT2D eigenvalue weighted by Crippen LogP contribution is 2.25. The second-order valence-electron chi connectivity index (χ2n) is 5.00. The summed E-state index contributed by atoms with van der Waals surface area (Å²) < 4.78 is 31.6. The summed E-state index contributed by atoms with van der Waals surface area (Å²) in [5.41, 5.74) is 0.484. The minimum absolute atomic E-state index is 0.0321. The molecule has 2 N–H and O–H groups in total. The van der Waals surface area contributed by atoms with Crippen LogP contribution in [0.25, 0.3) is 0 Å². The molecule has 25 heavy (non-hydrogen) atoms. The Balaban J connectivity index is 1.87. The van der Waals surface area contributed by atoms with Crippen LogP contribution in [0.1, 0.15) is 6.42 Å². The van der Waals surface area contributed by atoms with E-state index in [-0.39, 0.29) is 23.8 Å². The molecule has 1 amide bonds. The van der Waals surface area contributed by atoms with E-state index in [2.05, 4.69) is 10.0 Å². The number of ether oxygens (including phenoxy) is 1. The molecule has 0 aromatic heterocycles. The number of anilines is 1. The smallest absolute Gasteiger partial charge is 0.240 e. The Morgan fingerprint density at radius 1 is 1.08 bits per heavy atom. The van der Waals surface area contributed by atoms with E-state index in [1.54, 1.807) is 24.3 Å². The van der Waals surface area contributed by atoms with Gasteiger partial charge >= 0.3 is 0 Å². The summed E-state index contributed by atoms with van der Waals surface area (Å²) in [6.07, 6.45) is -0.0321. The number of carbonyl (C=O) groups is 1. The standard InChI is InChI=1S/C16H16Cl2N2O4S/c1-24-12-3-5-13(6-4-12)25(22,23)19-9-8-16(21)20-11-2-7-14(17)15(18)10-11/h2-7,10,19H,8-9H2,1H3,(H,20,21). The number of rotatable bonds is 7. The summed E-state index contributed by atoms with van der Waals surface area (Å²) in [5.74, 6) is 0.204. The lowest BCUT2D eigenvalue weighted by molar-refractivity contribution is -0.116. The van der Waals surface area contributed by atoms with Gasteiger partial charge in [-0.3, -0.25) is 4.79 Å². The second-order valence-corrected chi connectivity index (χ2v) is 7.58.